The van der Waals surface area contributed by atoms with Crippen LogP contribution < -0.4 is 20.1 Å². The molecule has 3 aromatic rings. The molecule has 0 atom stereocenters. The van der Waals surface area contributed by atoms with Crippen molar-refractivity contribution in [2.24, 2.45) is 0 Å². The number of ether oxygens (including phenoxy) is 2. The average molecular weight is 453 g/mol. The molecule has 29 heavy (non-hydrogen) atoms. The number of carbonyl (C=O) groups excluding carboxylic acids is 1. The summed E-state index contributed by atoms with van der Waals surface area (Å²) < 4.78 is 24.8. The first kappa shape index (κ1) is 19.7. The largest absolute Gasteiger partial charge is 0.486 e. The first-order valence-corrected chi connectivity index (χ1v) is 10.6. The fourth-order valence-corrected chi connectivity index (χ4v) is 4.25. The number of halogens is 2. The van der Waals surface area contributed by atoms with Gasteiger partial charge in [-0.2, -0.15) is 0 Å². The number of hydrogen-bond donors (Lipinski definition) is 2. The van der Waals surface area contributed by atoms with E-state index in [0.717, 1.165) is 0 Å². The van der Waals surface area contributed by atoms with Gasteiger partial charge in [-0.3, -0.25) is 4.79 Å². The van der Waals surface area contributed by atoms with Crippen LogP contribution in [-0.2, 0) is 4.79 Å². The Morgan fingerprint density at radius 2 is 2.00 bits per heavy atom. The van der Waals surface area contributed by atoms with Crippen LogP contribution in [-0.4, -0.2) is 35.1 Å². The molecule has 1 aliphatic rings. The normalized spacial score (nSPS) is 12.5. The number of carbonyl (C=O) groups is 1. The molecule has 1 amide bonds. The van der Waals surface area contributed by atoms with Crippen LogP contribution in [0.25, 0.3) is 0 Å². The monoisotopic (exact) mass is 452 g/mol. The van der Waals surface area contributed by atoms with E-state index in [1.54, 1.807) is 24.3 Å². The van der Waals surface area contributed by atoms with Gasteiger partial charge < -0.3 is 20.1 Å². The Hall–Kier alpha value is -2.56. The smallest absolute Gasteiger partial charge is 0.234 e. The van der Waals surface area contributed by atoms with Crippen molar-refractivity contribution in [3.8, 4) is 11.5 Å². The van der Waals surface area contributed by atoms with Gasteiger partial charge in [-0.05, 0) is 18.2 Å². The third-order valence-electron chi connectivity index (χ3n) is 3.72. The van der Waals surface area contributed by atoms with Crippen LogP contribution in [0.15, 0.2) is 40.7 Å². The molecule has 0 saturated carbocycles. The quantitative estimate of drug-likeness (QED) is 0.529. The SMILES string of the molecule is O=C(CSc1nnc(Nc2cccc(F)c2)s1)Nc1cc2c(cc1Cl)OCCO2. The van der Waals surface area contributed by atoms with Crippen LogP contribution in [0.1, 0.15) is 0 Å². The molecule has 0 spiro atoms. The summed E-state index contributed by atoms with van der Waals surface area (Å²) in [5.41, 5.74) is 1.02. The standard InChI is InChI=1S/C18H14ClFN4O3S2/c19-12-7-14-15(27-5-4-26-14)8-13(12)22-16(25)9-28-18-24-23-17(29-18)21-11-3-1-2-10(20)6-11/h1-3,6-8H,4-5,9H2,(H,21,23)(H,22,25). The first-order chi connectivity index (χ1) is 14.1. The summed E-state index contributed by atoms with van der Waals surface area (Å²) in [5.74, 6) is 0.632. The summed E-state index contributed by atoms with van der Waals surface area (Å²) >= 11 is 8.71. The van der Waals surface area contributed by atoms with Gasteiger partial charge in [0, 0.05) is 17.8 Å². The highest BCUT2D eigenvalue weighted by atomic mass is 35.5. The molecule has 2 N–H and O–H groups in total. The third kappa shape index (κ3) is 5.08. The summed E-state index contributed by atoms with van der Waals surface area (Å²) in [7, 11) is 0. The Morgan fingerprint density at radius 1 is 1.21 bits per heavy atom. The summed E-state index contributed by atoms with van der Waals surface area (Å²) in [6, 6.07) is 9.31. The lowest BCUT2D eigenvalue weighted by Crippen LogP contribution is -2.17. The van der Waals surface area contributed by atoms with E-state index < -0.39 is 0 Å². The highest BCUT2D eigenvalue weighted by Gasteiger charge is 2.17. The van der Waals surface area contributed by atoms with E-state index in [0.29, 0.717) is 50.6 Å². The molecule has 0 radical (unpaired) electrons. The molecule has 0 aliphatic carbocycles. The maximum Gasteiger partial charge on any atom is 0.234 e. The molecule has 2 aromatic carbocycles. The van der Waals surface area contributed by atoms with Crippen molar-refractivity contribution < 1.29 is 18.7 Å². The van der Waals surface area contributed by atoms with Crippen molar-refractivity contribution in [2.45, 2.75) is 4.34 Å². The summed E-state index contributed by atoms with van der Waals surface area (Å²) in [4.78, 5) is 12.3. The molecule has 2 heterocycles. The molecular formula is C18H14ClFN4O3S2. The number of hydrogen-bond acceptors (Lipinski definition) is 8. The molecule has 0 bridgehead atoms. The van der Waals surface area contributed by atoms with Gasteiger partial charge in [-0.15, -0.1) is 10.2 Å². The van der Waals surface area contributed by atoms with Gasteiger partial charge in [0.15, 0.2) is 15.8 Å². The highest BCUT2D eigenvalue weighted by molar-refractivity contribution is 8.01. The highest BCUT2D eigenvalue weighted by Crippen LogP contribution is 2.38. The van der Waals surface area contributed by atoms with Gasteiger partial charge in [-0.25, -0.2) is 4.39 Å². The zero-order chi connectivity index (χ0) is 20.2. The molecule has 0 unspecified atom stereocenters. The van der Waals surface area contributed by atoms with Gasteiger partial charge in [0.2, 0.25) is 11.0 Å². The second-order valence-electron chi connectivity index (χ2n) is 5.82. The second-order valence-corrected chi connectivity index (χ2v) is 8.43. The minimum atomic E-state index is -0.344. The predicted molar refractivity (Wildman–Crippen MR) is 111 cm³/mol. The molecule has 0 fully saturated rings. The third-order valence-corrected chi connectivity index (χ3v) is 6.00. The lowest BCUT2D eigenvalue weighted by atomic mass is 10.2. The molecule has 1 aliphatic heterocycles. The molecule has 4 rings (SSSR count). The van der Waals surface area contributed by atoms with Crippen LogP contribution in [0, 0.1) is 5.82 Å². The van der Waals surface area contributed by atoms with Crippen molar-refractivity contribution in [3.63, 3.8) is 0 Å². The fraction of sp³-hybridized carbons (Fsp3) is 0.167. The van der Waals surface area contributed by atoms with Crippen molar-refractivity contribution in [1.82, 2.24) is 10.2 Å². The van der Waals surface area contributed by atoms with E-state index in [-0.39, 0.29) is 17.5 Å². The summed E-state index contributed by atoms with van der Waals surface area (Å²) in [6.07, 6.45) is 0. The zero-order valence-electron chi connectivity index (χ0n) is 14.8. The molecule has 150 valence electrons. The molecular weight excluding hydrogens is 439 g/mol. The number of nitrogens with one attached hydrogen (secondary N) is 2. The van der Waals surface area contributed by atoms with Crippen LogP contribution in [0.3, 0.4) is 0 Å². The van der Waals surface area contributed by atoms with E-state index in [2.05, 4.69) is 20.8 Å². The van der Waals surface area contributed by atoms with Crippen molar-refractivity contribution in [1.29, 1.82) is 0 Å². The Labute approximate surface area is 178 Å². The number of thioether (sulfide) groups is 1. The number of nitrogens with zero attached hydrogens (tertiary/aromatic N) is 2. The second kappa shape index (κ2) is 8.85. The van der Waals surface area contributed by atoms with E-state index in [9.17, 15) is 9.18 Å². The van der Waals surface area contributed by atoms with Crippen molar-refractivity contribution in [2.75, 3.05) is 29.6 Å². The number of fused-ring (bicyclic) bond motifs is 1. The fourth-order valence-electron chi connectivity index (χ4n) is 2.48. The van der Waals surface area contributed by atoms with Gasteiger partial charge in [0.25, 0.3) is 0 Å². The minimum Gasteiger partial charge on any atom is -0.486 e. The van der Waals surface area contributed by atoms with Crippen molar-refractivity contribution in [3.05, 3.63) is 47.2 Å². The van der Waals surface area contributed by atoms with Gasteiger partial charge in [0.05, 0.1) is 16.5 Å². The Balaban J connectivity index is 1.33. The zero-order valence-corrected chi connectivity index (χ0v) is 17.2. The molecule has 0 saturated heterocycles. The molecule has 7 nitrogen and oxygen atoms in total. The topological polar surface area (TPSA) is 85.4 Å². The van der Waals surface area contributed by atoms with E-state index >= 15 is 0 Å². The predicted octanol–water partition coefficient (Wildman–Crippen LogP) is 4.58. The van der Waals surface area contributed by atoms with E-state index in [1.807, 2.05) is 0 Å². The summed E-state index contributed by atoms with van der Waals surface area (Å²) in [5, 5.41) is 14.6. The van der Waals surface area contributed by atoms with Crippen LogP contribution in [0.2, 0.25) is 5.02 Å². The van der Waals surface area contributed by atoms with Crippen molar-refractivity contribution >= 4 is 57.1 Å². The number of benzene rings is 2. The molecule has 11 heteroatoms. The Kier molecular flexibility index (Phi) is 6.02. The maximum atomic E-state index is 13.2. The maximum absolute atomic E-state index is 13.2. The molecule has 1 aromatic heterocycles. The Bertz CT molecular complexity index is 1050. The van der Waals surface area contributed by atoms with Gasteiger partial charge >= 0.3 is 0 Å². The Morgan fingerprint density at radius 3 is 2.79 bits per heavy atom. The van der Waals surface area contributed by atoms with Crippen LogP contribution in [0.5, 0.6) is 11.5 Å². The summed E-state index contributed by atoms with van der Waals surface area (Å²) in [6.45, 7) is 0.907. The lowest BCUT2D eigenvalue weighted by Gasteiger charge is -2.19. The number of rotatable bonds is 6. The van der Waals surface area contributed by atoms with Crippen LogP contribution >= 0.6 is 34.7 Å². The number of amides is 1. The van der Waals surface area contributed by atoms with E-state index in [1.165, 1.54) is 35.2 Å². The first-order valence-electron chi connectivity index (χ1n) is 8.45. The number of aromatic nitrogens is 2. The van der Waals surface area contributed by atoms with E-state index in [4.69, 9.17) is 21.1 Å². The van der Waals surface area contributed by atoms with Gasteiger partial charge in [-0.1, -0.05) is 40.8 Å². The lowest BCUT2D eigenvalue weighted by molar-refractivity contribution is -0.113. The average Bonchev–Trinajstić information content (AvgIpc) is 3.14. The minimum absolute atomic E-state index is 0.124. The number of anilines is 3. The van der Waals surface area contributed by atoms with Crippen LogP contribution in [0.4, 0.5) is 20.9 Å². The van der Waals surface area contributed by atoms with Gasteiger partial charge in [0.1, 0.15) is 19.0 Å².